The van der Waals surface area contributed by atoms with Crippen molar-refractivity contribution < 1.29 is 14.6 Å². The molecule has 21 heavy (non-hydrogen) atoms. The van der Waals surface area contributed by atoms with Gasteiger partial charge >= 0.3 is 0 Å². The van der Waals surface area contributed by atoms with Crippen molar-refractivity contribution >= 4 is 0 Å². The summed E-state index contributed by atoms with van der Waals surface area (Å²) in [7, 11) is 1.59. The van der Waals surface area contributed by atoms with Crippen molar-refractivity contribution in [2.75, 3.05) is 13.7 Å². The van der Waals surface area contributed by atoms with Gasteiger partial charge in [-0.2, -0.15) is 0 Å². The van der Waals surface area contributed by atoms with Gasteiger partial charge in [0.05, 0.1) is 26.0 Å². The van der Waals surface area contributed by atoms with Gasteiger partial charge in [0.1, 0.15) is 11.5 Å². The Kier molecular flexibility index (Phi) is 4.06. The maximum Gasteiger partial charge on any atom is 0.142 e. The summed E-state index contributed by atoms with van der Waals surface area (Å²) in [4.78, 5) is 4.01. The molecule has 1 unspecified atom stereocenters. The van der Waals surface area contributed by atoms with E-state index in [0.29, 0.717) is 12.2 Å². The molecule has 0 saturated heterocycles. The predicted molar refractivity (Wildman–Crippen MR) is 79.7 cm³/mol. The lowest BCUT2D eigenvalue weighted by atomic mass is 10.00. The lowest BCUT2D eigenvalue weighted by molar-refractivity contribution is 0.163. The number of methoxy groups -OCH3 is 1. The fourth-order valence-corrected chi connectivity index (χ4v) is 2.69. The van der Waals surface area contributed by atoms with Gasteiger partial charge in [-0.1, -0.05) is 12.1 Å². The van der Waals surface area contributed by atoms with Crippen LogP contribution in [0.5, 0.6) is 11.5 Å². The molecule has 0 spiro atoms. The molecule has 1 aliphatic rings. The monoisotopic (exact) mass is 285 g/mol. The number of rotatable bonds is 5. The molecular formula is C17H19NO3. The Hall–Kier alpha value is -2.07. The summed E-state index contributed by atoms with van der Waals surface area (Å²) in [5.41, 5.74) is 3.28. The van der Waals surface area contributed by atoms with E-state index in [1.165, 1.54) is 11.1 Å². The van der Waals surface area contributed by atoms with Crippen molar-refractivity contribution in [2.24, 2.45) is 0 Å². The molecule has 0 amide bonds. The van der Waals surface area contributed by atoms with E-state index in [0.717, 1.165) is 30.8 Å². The number of pyridine rings is 1. The molecular weight excluding hydrogens is 266 g/mol. The number of fused-ring (bicyclic) bond motifs is 1. The molecule has 0 aliphatic carbocycles. The summed E-state index contributed by atoms with van der Waals surface area (Å²) < 4.78 is 10.7. The molecule has 1 aromatic heterocycles. The zero-order chi connectivity index (χ0) is 14.7. The van der Waals surface area contributed by atoms with E-state index in [1.54, 1.807) is 25.6 Å². The first-order chi connectivity index (χ1) is 10.3. The average Bonchev–Trinajstić information content (AvgIpc) is 3.00. The van der Waals surface area contributed by atoms with Crippen LogP contribution in [0, 0.1) is 0 Å². The topological polar surface area (TPSA) is 51.6 Å². The molecule has 0 fully saturated rings. The molecule has 3 rings (SSSR count). The maximum absolute atomic E-state index is 10.4. The Labute approximate surface area is 124 Å². The van der Waals surface area contributed by atoms with Crippen molar-refractivity contribution in [2.45, 2.75) is 25.4 Å². The van der Waals surface area contributed by atoms with Gasteiger partial charge in [0, 0.05) is 18.2 Å². The SMILES string of the molecule is COc1cnccc1C(O)CCc1ccc2c(c1)CCO2. The van der Waals surface area contributed by atoms with Gasteiger partial charge in [0.15, 0.2) is 0 Å². The second-order valence-corrected chi connectivity index (χ2v) is 5.21. The number of aliphatic hydroxyl groups is 1. The third kappa shape index (κ3) is 3.00. The van der Waals surface area contributed by atoms with E-state index in [-0.39, 0.29) is 0 Å². The molecule has 2 aromatic rings. The van der Waals surface area contributed by atoms with Crippen LogP contribution in [0.3, 0.4) is 0 Å². The molecule has 1 atom stereocenters. The second kappa shape index (κ2) is 6.14. The fraction of sp³-hybridized carbons (Fsp3) is 0.353. The van der Waals surface area contributed by atoms with Crippen LogP contribution in [0.15, 0.2) is 36.7 Å². The average molecular weight is 285 g/mol. The number of aliphatic hydroxyl groups excluding tert-OH is 1. The van der Waals surface area contributed by atoms with E-state index in [4.69, 9.17) is 9.47 Å². The van der Waals surface area contributed by atoms with Crippen LogP contribution in [-0.4, -0.2) is 23.8 Å². The van der Waals surface area contributed by atoms with Gasteiger partial charge in [-0.15, -0.1) is 0 Å². The third-order valence-electron chi connectivity index (χ3n) is 3.86. The maximum atomic E-state index is 10.4. The van der Waals surface area contributed by atoms with Crippen molar-refractivity contribution in [3.63, 3.8) is 0 Å². The highest BCUT2D eigenvalue weighted by molar-refractivity contribution is 5.40. The fourth-order valence-electron chi connectivity index (χ4n) is 2.69. The number of aryl methyl sites for hydroxylation is 1. The molecule has 1 aromatic carbocycles. The second-order valence-electron chi connectivity index (χ2n) is 5.21. The van der Waals surface area contributed by atoms with E-state index in [9.17, 15) is 5.11 Å². The molecule has 4 heteroatoms. The van der Waals surface area contributed by atoms with Crippen molar-refractivity contribution in [1.82, 2.24) is 4.98 Å². The van der Waals surface area contributed by atoms with Crippen LogP contribution < -0.4 is 9.47 Å². The van der Waals surface area contributed by atoms with Gasteiger partial charge in [0.25, 0.3) is 0 Å². The third-order valence-corrected chi connectivity index (χ3v) is 3.86. The standard InChI is InChI=1S/C17H19NO3/c1-20-17-11-18-8-6-14(17)15(19)4-2-12-3-5-16-13(10-12)7-9-21-16/h3,5-6,8,10-11,15,19H,2,4,7,9H2,1H3. The molecule has 4 nitrogen and oxygen atoms in total. The highest BCUT2D eigenvalue weighted by Gasteiger charge is 2.15. The first-order valence-electron chi connectivity index (χ1n) is 7.18. The van der Waals surface area contributed by atoms with Gasteiger partial charge in [-0.25, -0.2) is 0 Å². The van der Waals surface area contributed by atoms with E-state index < -0.39 is 6.10 Å². The van der Waals surface area contributed by atoms with Gasteiger partial charge < -0.3 is 14.6 Å². The van der Waals surface area contributed by atoms with Crippen LogP contribution in [0.1, 0.15) is 29.2 Å². The normalized spacial score (nSPS) is 14.4. The highest BCUT2D eigenvalue weighted by Crippen LogP contribution is 2.29. The Morgan fingerprint density at radius 2 is 2.29 bits per heavy atom. The Morgan fingerprint density at radius 3 is 3.14 bits per heavy atom. The van der Waals surface area contributed by atoms with E-state index in [2.05, 4.69) is 17.1 Å². The summed E-state index contributed by atoms with van der Waals surface area (Å²) in [6, 6.07) is 8.08. The predicted octanol–water partition coefficient (Wildman–Crippen LogP) is 2.69. The van der Waals surface area contributed by atoms with Crippen LogP contribution in [-0.2, 0) is 12.8 Å². The summed E-state index contributed by atoms with van der Waals surface area (Å²) in [5.74, 6) is 1.63. The lowest BCUT2D eigenvalue weighted by Gasteiger charge is -2.14. The molecule has 110 valence electrons. The van der Waals surface area contributed by atoms with Crippen LogP contribution in [0.2, 0.25) is 0 Å². The quantitative estimate of drug-likeness (QED) is 0.917. The summed E-state index contributed by atoms with van der Waals surface area (Å²) in [5, 5.41) is 10.4. The van der Waals surface area contributed by atoms with Crippen LogP contribution in [0.25, 0.3) is 0 Å². The first kappa shape index (κ1) is 13.9. The molecule has 0 bridgehead atoms. The first-order valence-corrected chi connectivity index (χ1v) is 7.18. The Morgan fingerprint density at radius 1 is 1.38 bits per heavy atom. The number of nitrogens with zero attached hydrogens (tertiary/aromatic N) is 1. The van der Waals surface area contributed by atoms with E-state index >= 15 is 0 Å². The van der Waals surface area contributed by atoms with Gasteiger partial charge in [-0.05, 0) is 36.1 Å². The van der Waals surface area contributed by atoms with Crippen molar-refractivity contribution in [3.8, 4) is 11.5 Å². The molecule has 0 radical (unpaired) electrons. The summed E-state index contributed by atoms with van der Waals surface area (Å²) in [6.07, 6.45) is 5.20. The summed E-state index contributed by atoms with van der Waals surface area (Å²) >= 11 is 0. The molecule has 0 saturated carbocycles. The lowest BCUT2D eigenvalue weighted by Crippen LogP contribution is -2.03. The Balaban J connectivity index is 1.67. The largest absolute Gasteiger partial charge is 0.495 e. The number of hydrogen-bond donors (Lipinski definition) is 1. The number of benzene rings is 1. The zero-order valence-corrected chi connectivity index (χ0v) is 12.1. The minimum atomic E-state index is -0.549. The van der Waals surface area contributed by atoms with Crippen molar-refractivity contribution in [1.29, 1.82) is 0 Å². The number of hydrogen-bond acceptors (Lipinski definition) is 4. The molecule has 1 aliphatic heterocycles. The number of aromatic nitrogens is 1. The van der Waals surface area contributed by atoms with Crippen LogP contribution >= 0.6 is 0 Å². The smallest absolute Gasteiger partial charge is 0.142 e. The van der Waals surface area contributed by atoms with E-state index in [1.807, 2.05) is 6.07 Å². The zero-order valence-electron chi connectivity index (χ0n) is 12.1. The molecule has 1 N–H and O–H groups in total. The highest BCUT2D eigenvalue weighted by atomic mass is 16.5. The minimum absolute atomic E-state index is 0.549. The summed E-state index contributed by atoms with van der Waals surface area (Å²) in [6.45, 7) is 0.773. The Bertz CT molecular complexity index is 627. The van der Waals surface area contributed by atoms with Crippen molar-refractivity contribution in [3.05, 3.63) is 53.3 Å². The van der Waals surface area contributed by atoms with Crippen LogP contribution in [0.4, 0.5) is 0 Å². The van der Waals surface area contributed by atoms with Gasteiger partial charge in [-0.3, -0.25) is 4.98 Å². The van der Waals surface area contributed by atoms with Gasteiger partial charge in [0.2, 0.25) is 0 Å². The molecule has 2 heterocycles. The minimum Gasteiger partial charge on any atom is -0.495 e. The number of ether oxygens (including phenoxy) is 2.